The minimum atomic E-state index is 0.543. The van der Waals surface area contributed by atoms with Crippen LogP contribution in [0.25, 0.3) is 11.0 Å². The van der Waals surface area contributed by atoms with Crippen LogP contribution >= 0.6 is 0 Å². The maximum absolute atomic E-state index is 9.26. The fourth-order valence-corrected chi connectivity index (χ4v) is 1.42. The summed E-state index contributed by atoms with van der Waals surface area (Å²) in [7, 11) is 3.43. The van der Waals surface area contributed by atoms with Gasteiger partial charge in [0.05, 0.1) is 11.0 Å². The Hall–Kier alpha value is -1.55. The van der Waals surface area contributed by atoms with Crippen LogP contribution in [0.4, 0.5) is 5.95 Å². The van der Waals surface area contributed by atoms with Gasteiger partial charge in [0, 0.05) is 14.1 Å². The average molecular weight is 177 g/mol. The third kappa shape index (κ3) is 1.15. The van der Waals surface area contributed by atoms with Crippen molar-refractivity contribution in [3.63, 3.8) is 0 Å². The number of nitrogens with zero attached hydrogens (tertiary/aromatic N) is 3. The summed E-state index contributed by atoms with van der Waals surface area (Å²) in [6.07, 6.45) is 0. The molecule has 2 aromatic rings. The molecule has 0 saturated heterocycles. The van der Waals surface area contributed by atoms with Crippen molar-refractivity contribution >= 4 is 17.0 Å². The summed E-state index contributed by atoms with van der Waals surface area (Å²) in [5.74, 6) is 0.543. The van der Waals surface area contributed by atoms with Gasteiger partial charge in [0.1, 0.15) is 0 Å². The average Bonchev–Trinajstić information content (AvgIpc) is 2.45. The zero-order valence-corrected chi connectivity index (χ0v) is 7.60. The summed E-state index contributed by atoms with van der Waals surface area (Å²) in [4.78, 5) is 4.25. The molecule has 0 aliphatic carbocycles. The summed E-state index contributed by atoms with van der Waals surface area (Å²) < 4.78 is 1.84. The van der Waals surface area contributed by atoms with Crippen molar-refractivity contribution in [2.75, 3.05) is 12.1 Å². The molecule has 0 aliphatic heterocycles. The predicted molar refractivity (Wildman–Crippen MR) is 50.9 cm³/mol. The molecule has 0 saturated carbocycles. The van der Waals surface area contributed by atoms with Gasteiger partial charge in [-0.3, -0.25) is 5.21 Å². The predicted octanol–water partition coefficient (Wildman–Crippen LogP) is 1.40. The minimum Gasteiger partial charge on any atom is -0.311 e. The molecule has 0 bridgehead atoms. The first-order valence-corrected chi connectivity index (χ1v) is 4.04. The second kappa shape index (κ2) is 2.74. The van der Waals surface area contributed by atoms with E-state index in [-0.39, 0.29) is 0 Å². The van der Waals surface area contributed by atoms with E-state index in [4.69, 9.17) is 0 Å². The van der Waals surface area contributed by atoms with E-state index in [1.54, 1.807) is 7.05 Å². The molecule has 68 valence electrons. The molecule has 0 atom stereocenters. The largest absolute Gasteiger partial charge is 0.311 e. The molecule has 2 rings (SSSR count). The number of hydrogen-bond acceptors (Lipinski definition) is 3. The maximum atomic E-state index is 9.26. The maximum Gasteiger partial charge on any atom is 0.230 e. The minimum absolute atomic E-state index is 0.543. The smallest absolute Gasteiger partial charge is 0.230 e. The van der Waals surface area contributed by atoms with Crippen molar-refractivity contribution in [1.82, 2.24) is 9.55 Å². The first kappa shape index (κ1) is 8.07. The lowest BCUT2D eigenvalue weighted by Crippen LogP contribution is -2.14. The van der Waals surface area contributed by atoms with Gasteiger partial charge in [-0.2, -0.15) is 0 Å². The molecule has 1 heterocycles. The first-order chi connectivity index (χ1) is 6.20. The Morgan fingerprint density at radius 3 is 2.69 bits per heavy atom. The van der Waals surface area contributed by atoms with Crippen LogP contribution in [-0.4, -0.2) is 21.8 Å². The summed E-state index contributed by atoms with van der Waals surface area (Å²) >= 11 is 0. The Kier molecular flexibility index (Phi) is 1.70. The third-order valence-electron chi connectivity index (χ3n) is 2.05. The number of anilines is 1. The molecular formula is C9H11N3O. The molecule has 1 aromatic heterocycles. The summed E-state index contributed by atoms with van der Waals surface area (Å²) in [6.45, 7) is 0. The molecule has 1 aromatic carbocycles. The molecule has 0 radical (unpaired) electrons. The van der Waals surface area contributed by atoms with Crippen molar-refractivity contribution in [1.29, 1.82) is 0 Å². The molecule has 0 amide bonds. The second-order valence-corrected chi connectivity index (χ2v) is 2.98. The lowest BCUT2D eigenvalue weighted by molar-refractivity contribution is 0.270. The van der Waals surface area contributed by atoms with E-state index in [0.717, 1.165) is 16.1 Å². The van der Waals surface area contributed by atoms with Gasteiger partial charge in [-0.15, -0.1) is 0 Å². The number of para-hydroxylation sites is 2. The van der Waals surface area contributed by atoms with Crippen LogP contribution in [0.1, 0.15) is 0 Å². The SMILES string of the molecule is CN(O)c1nc2ccccc2n1C. The first-order valence-electron chi connectivity index (χ1n) is 4.04. The van der Waals surface area contributed by atoms with Gasteiger partial charge in [0.2, 0.25) is 5.95 Å². The van der Waals surface area contributed by atoms with Crippen LogP contribution in [0.5, 0.6) is 0 Å². The van der Waals surface area contributed by atoms with E-state index in [1.807, 2.05) is 35.9 Å². The number of imidazole rings is 1. The van der Waals surface area contributed by atoms with Crippen molar-refractivity contribution in [2.45, 2.75) is 0 Å². The molecular weight excluding hydrogens is 166 g/mol. The Morgan fingerprint density at radius 2 is 2.08 bits per heavy atom. The quantitative estimate of drug-likeness (QED) is 0.669. The third-order valence-corrected chi connectivity index (χ3v) is 2.05. The fraction of sp³-hybridized carbons (Fsp3) is 0.222. The number of benzene rings is 1. The number of hydrogen-bond donors (Lipinski definition) is 1. The number of fused-ring (bicyclic) bond motifs is 1. The Balaban J connectivity index is 2.74. The van der Waals surface area contributed by atoms with Crippen LogP contribution < -0.4 is 5.06 Å². The molecule has 0 spiro atoms. The molecule has 4 nitrogen and oxygen atoms in total. The van der Waals surface area contributed by atoms with E-state index in [2.05, 4.69) is 4.98 Å². The topological polar surface area (TPSA) is 41.3 Å². The van der Waals surface area contributed by atoms with Gasteiger partial charge in [0.25, 0.3) is 0 Å². The van der Waals surface area contributed by atoms with Gasteiger partial charge in [-0.25, -0.2) is 10.0 Å². The molecule has 1 N–H and O–H groups in total. The van der Waals surface area contributed by atoms with Gasteiger partial charge in [0.15, 0.2) is 0 Å². The number of aryl methyl sites for hydroxylation is 1. The van der Waals surface area contributed by atoms with Crippen molar-refractivity contribution in [2.24, 2.45) is 7.05 Å². The Bertz CT molecular complexity index is 433. The molecule has 13 heavy (non-hydrogen) atoms. The zero-order valence-electron chi connectivity index (χ0n) is 7.60. The Morgan fingerprint density at radius 1 is 1.38 bits per heavy atom. The number of hydroxylamine groups is 1. The van der Waals surface area contributed by atoms with Crippen molar-refractivity contribution in [3.05, 3.63) is 24.3 Å². The highest BCUT2D eigenvalue weighted by Crippen LogP contribution is 2.18. The van der Waals surface area contributed by atoms with Gasteiger partial charge in [-0.1, -0.05) is 12.1 Å². The normalized spacial score (nSPS) is 10.7. The van der Waals surface area contributed by atoms with E-state index >= 15 is 0 Å². The van der Waals surface area contributed by atoms with Crippen LogP contribution in [0, 0.1) is 0 Å². The molecule has 0 unspecified atom stereocenters. The highest BCUT2D eigenvalue weighted by Gasteiger charge is 2.08. The zero-order chi connectivity index (χ0) is 9.42. The highest BCUT2D eigenvalue weighted by molar-refractivity contribution is 5.78. The number of rotatable bonds is 1. The summed E-state index contributed by atoms with van der Waals surface area (Å²) in [6, 6.07) is 7.76. The molecule has 0 aliphatic rings. The molecule has 4 heteroatoms. The Labute approximate surface area is 76.0 Å². The molecule has 0 fully saturated rings. The van der Waals surface area contributed by atoms with Gasteiger partial charge in [-0.05, 0) is 12.1 Å². The van der Waals surface area contributed by atoms with Crippen LogP contribution in [-0.2, 0) is 7.05 Å². The van der Waals surface area contributed by atoms with Crippen molar-refractivity contribution < 1.29 is 5.21 Å². The second-order valence-electron chi connectivity index (χ2n) is 2.98. The highest BCUT2D eigenvalue weighted by atomic mass is 16.5. The lowest BCUT2D eigenvalue weighted by atomic mass is 10.3. The van der Waals surface area contributed by atoms with Crippen LogP contribution in [0.2, 0.25) is 0 Å². The van der Waals surface area contributed by atoms with Crippen LogP contribution in [0.3, 0.4) is 0 Å². The van der Waals surface area contributed by atoms with Gasteiger partial charge < -0.3 is 4.57 Å². The van der Waals surface area contributed by atoms with E-state index < -0.39 is 0 Å². The standard InChI is InChI=1S/C9H11N3O/c1-11-8-6-4-3-5-7(8)10-9(11)12(2)13/h3-6,13H,1-2H3. The lowest BCUT2D eigenvalue weighted by Gasteiger charge is -2.08. The summed E-state index contributed by atoms with van der Waals surface area (Å²) in [5.41, 5.74) is 1.90. The monoisotopic (exact) mass is 177 g/mol. The number of aromatic nitrogens is 2. The fourth-order valence-electron chi connectivity index (χ4n) is 1.42. The van der Waals surface area contributed by atoms with Gasteiger partial charge >= 0.3 is 0 Å². The van der Waals surface area contributed by atoms with E-state index in [9.17, 15) is 5.21 Å². The van der Waals surface area contributed by atoms with Crippen molar-refractivity contribution in [3.8, 4) is 0 Å². The summed E-state index contributed by atoms with van der Waals surface area (Å²) in [5, 5.41) is 10.3. The van der Waals surface area contributed by atoms with E-state index in [0.29, 0.717) is 5.95 Å². The van der Waals surface area contributed by atoms with Crippen LogP contribution in [0.15, 0.2) is 24.3 Å². The van der Waals surface area contributed by atoms with E-state index in [1.165, 1.54) is 0 Å².